The summed E-state index contributed by atoms with van der Waals surface area (Å²) in [5, 5.41) is 9.71. The van der Waals surface area contributed by atoms with Crippen molar-refractivity contribution in [1.82, 2.24) is 4.98 Å². The lowest BCUT2D eigenvalue weighted by Gasteiger charge is -2.04. The van der Waals surface area contributed by atoms with Crippen molar-refractivity contribution < 1.29 is 9.52 Å². The molecule has 1 unspecified atom stereocenters. The minimum Gasteiger partial charge on any atom is -0.472 e. The molecule has 0 aromatic carbocycles. The predicted molar refractivity (Wildman–Crippen MR) is 49.5 cm³/mol. The number of aliphatic hydroxyl groups is 1. The van der Waals surface area contributed by atoms with E-state index in [-0.39, 0.29) is 0 Å². The van der Waals surface area contributed by atoms with Crippen molar-refractivity contribution in [3.05, 3.63) is 40.7 Å². The Morgan fingerprint density at radius 2 is 2.54 bits per heavy atom. The average Bonchev–Trinajstić information content (AvgIpc) is 2.74. The van der Waals surface area contributed by atoms with Crippen LogP contribution >= 0.6 is 11.3 Å². The van der Waals surface area contributed by atoms with Crippen LogP contribution < -0.4 is 0 Å². The Bertz CT molecular complexity index is 342. The molecule has 1 N–H and O–H groups in total. The highest BCUT2D eigenvalue weighted by Gasteiger charge is 2.10. The number of aromatic nitrogens is 1. The highest BCUT2D eigenvalue weighted by atomic mass is 32.1. The fourth-order valence-electron chi connectivity index (χ4n) is 1.12. The van der Waals surface area contributed by atoms with Crippen LogP contribution in [0.5, 0.6) is 0 Å². The third-order valence-corrected chi connectivity index (χ3v) is 2.67. The van der Waals surface area contributed by atoms with Crippen molar-refractivity contribution in [3.63, 3.8) is 0 Å². The van der Waals surface area contributed by atoms with E-state index in [4.69, 9.17) is 4.42 Å². The second kappa shape index (κ2) is 3.72. The Hall–Kier alpha value is -1.13. The van der Waals surface area contributed by atoms with Gasteiger partial charge in [-0.15, -0.1) is 11.3 Å². The molecule has 3 nitrogen and oxygen atoms in total. The van der Waals surface area contributed by atoms with E-state index in [2.05, 4.69) is 4.98 Å². The van der Waals surface area contributed by atoms with Crippen molar-refractivity contribution in [2.75, 3.05) is 0 Å². The maximum absolute atomic E-state index is 9.71. The summed E-state index contributed by atoms with van der Waals surface area (Å²) in [7, 11) is 0. The Morgan fingerprint density at radius 3 is 3.15 bits per heavy atom. The van der Waals surface area contributed by atoms with Crippen LogP contribution in [0.2, 0.25) is 0 Å². The van der Waals surface area contributed by atoms with Gasteiger partial charge >= 0.3 is 0 Å². The van der Waals surface area contributed by atoms with Gasteiger partial charge in [-0.1, -0.05) is 0 Å². The molecule has 2 rings (SSSR count). The first-order valence-electron chi connectivity index (χ1n) is 3.94. The lowest BCUT2D eigenvalue weighted by molar-refractivity contribution is 0.182. The van der Waals surface area contributed by atoms with Gasteiger partial charge in [0.15, 0.2) is 0 Å². The first-order valence-corrected chi connectivity index (χ1v) is 4.82. The molecular formula is C9H9NO2S. The summed E-state index contributed by atoms with van der Waals surface area (Å²) in [5.74, 6) is 0. The number of rotatable bonds is 3. The monoisotopic (exact) mass is 195 g/mol. The summed E-state index contributed by atoms with van der Waals surface area (Å²) >= 11 is 1.46. The Morgan fingerprint density at radius 1 is 1.62 bits per heavy atom. The zero-order valence-corrected chi connectivity index (χ0v) is 7.70. The van der Waals surface area contributed by atoms with Gasteiger partial charge in [0.05, 0.1) is 29.0 Å². The molecule has 0 amide bonds. The molecule has 68 valence electrons. The van der Waals surface area contributed by atoms with Crippen molar-refractivity contribution in [1.29, 1.82) is 0 Å². The molecule has 2 aromatic heterocycles. The third-order valence-electron chi connectivity index (χ3n) is 1.79. The summed E-state index contributed by atoms with van der Waals surface area (Å²) in [6, 6.07) is 1.85. The van der Waals surface area contributed by atoms with Gasteiger partial charge in [0.1, 0.15) is 0 Å². The molecule has 0 radical (unpaired) electrons. The topological polar surface area (TPSA) is 46.3 Å². The van der Waals surface area contributed by atoms with Crippen LogP contribution in [-0.4, -0.2) is 10.1 Å². The van der Waals surface area contributed by atoms with E-state index in [0.717, 1.165) is 10.4 Å². The summed E-state index contributed by atoms with van der Waals surface area (Å²) in [6.45, 7) is 0. The molecule has 4 heteroatoms. The molecule has 0 aliphatic heterocycles. The standard InChI is InChI=1S/C9H9NO2S/c11-8(9-4-10-6-13-9)3-7-1-2-12-5-7/h1-2,4-6,8,11H,3H2. The first-order chi connectivity index (χ1) is 6.36. The fraction of sp³-hybridized carbons (Fsp3) is 0.222. The minimum atomic E-state index is -0.468. The van der Waals surface area contributed by atoms with Gasteiger partial charge in [0.2, 0.25) is 0 Å². The van der Waals surface area contributed by atoms with Crippen molar-refractivity contribution in [3.8, 4) is 0 Å². The van der Waals surface area contributed by atoms with Gasteiger partial charge in [-0.25, -0.2) is 0 Å². The number of aliphatic hydroxyl groups excluding tert-OH is 1. The van der Waals surface area contributed by atoms with Crippen molar-refractivity contribution >= 4 is 11.3 Å². The number of thiazole rings is 1. The van der Waals surface area contributed by atoms with E-state index < -0.39 is 6.10 Å². The molecule has 0 fully saturated rings. The normalized spacial score (nSPS) is 13.0. The van der Waals surface area contributed by atoms with Gasteiger partial charge in [0, 0.05) is 12.6 Å². The molecular weight excluding hydrogens is 186 g/mol. The lowest BCUT2D eigenvalue weighted by Crippen LogP contribution is -1.98. The van der Waals surface area contributed by atoms with Crippen molar-refractivity contribution in [2.24, 2.45) is 0 Å². The van der Waals surface area contributed by atoms with E-state index in [1.54, 1.807) is 24.2 Å². The first kappa shape index (κ1) is 8.47. The van der Waals surface area contributed by atoms with Gasteiger partial charge in [0.25, 0.3) is 0 Å². The average molecular weight is 195 g/mol. The van der Waals surface area contributed by atoms with Gasteiger partial charge < -0.3 is 9.52 Å². The minimum absolute atomic E-state index is 0.468. The molecule has 0 spiro atoms. The van der Waals surface area contributed by atoms with E-state index >= 15 is 0 Å². The smallest absolute Gasteiger partial charge is 0.0939 e. The Labute approximate surface area is 79.7 Å². The predicted octanol–water partition coefficient (Wildman–Crippen LogP) is 2.01. The van der Waals surface area contributed by atoms with Gasteiger partial charge in [-0.3, -0.25) is 4.98 Å². The maximum Gasteiger partial charge on any atom is 0.0939 e. The summed E-state index contributed by atoms with van der Waals surface area (Å²) < 4.78 is 4.91. The van der Waals surface area contributed by atoms with E-state index in [1.807, 2.05) is 6.07 Å². The molecule has 0 bridgehead atoms. The summed E-state index contributed by atoms with van der Waals surface area (Å²) in [4.78, 5) is 4.80. The number of nitrogens with zero attached hydrogens (tertiary/aromatic N) is 1. The summed E-state index contributed by atoms with van der Waals surface area (Å²) in [6.07, 6.45) is 5.05. The largest absolute Gasteiger partial charge is 0.472 e. The van der Waals surface area contributed by atoms with Crippen LogP contribution in [0.15, 0.2) is 34.7 Å². The lowest BCUT2D eigenvalue weighted by atomic mass is 10.1. The van der Waals surface area contributed by atoms with Crippen LogP contribution in [0.25, 0.3) is 0 Å². The molecule has 13 heavy (non-hydrogen) atoms. The highest BCUT2D eigenvalue weighted by molar-refractivity contribution is 7.09. The second-order valence-corrected chi connectivity index (χ2v) is 3.67. The highest BCUT2D eigenvalue weighted by Crippen LogP contribution is 2.21. The van der Waals surface area contributed by atoms with Crippen LogP contribution in [0.1, 0.15) is 16.5 Å². The second-order valence-electron chi connectivity index (χ2n) is 2.76. The van der Waals surface area contributed by atoms with Crippen LogP contribution in [0.4, 0.5) is 0 Å². The Kier molecular flexibility index (Phi) is 2.42. The zero-order chi connectivity index (χ0) is 9.10. The maximum atomic E-state index is 9.71. The van der Waals surface area contributed by atoms with Crippen molar-refractivity contribution in [2.45, 2.75) is 12.5 Å². The van der Waals surface area contributed by atoms with E-state index in [9.17, 15) is 5.11 Å². The van der Waals surface area contributed by atoms with Crippen LogP contribution in [-0.2, 0) is 6.42 Å². The van der Waals surface area contributed by atoms with Gasteiger partial charge in [-0.2, -0.15) is 0 Å². The number of hydrogen-bond acceptors (Lipinski definition) is 4. The molecule has 0 aliphatic carbocycles. The van der Waals surface area contributed by atoms with E-state index in [1.165, 1.54) is 11.3 Å². The van der Waals surface area contributed by atoms with Crippen LogP contribution in [0.3, 0.4) is 0 Å². The number of furan rings is 1. The molecule has 2 aromatic rings. The van der Waals surface area contributed by atoms with Gasteiger partial charge in [-0.05, 0) is 11.6 Å². The third kappa shape index (κ3) is 1.96. The fourth-order valence-corrected chi connectivity index (χ4v) is 1.73. The molecule has 1 atom stereocenters. The van der Waals surface area contributed by atoms with E-state index in [0.29, 0.717) is 6.42 Å². The quantitative estimate of drug-likeness (QED) is 0.814. The molecule has 0 aliphatic rings. The zero-order valence-electron chi connectivity index (χ0n) is 6.88. The summed E-state index contributed by atoms with van der Waals surface area (Å²) in [5.41, 5.74) is 2.72. The Balaban J connectivity index is 2.04. The molecule has 0 saturated heterocycles. The molecule has 2 heterocycles. The SMILES string of the molecule is OC(Cc1ccoc1)c1cncs1. The molecule has 0 saturated carbocycles. The number of hydrogen-bond donors (Lipinski definition) is 1. The van der Waals surface area contributed by atoms with Crippen LogP contribution in [0, 0.1) is 0 Å².